The van der Waals surface area contributed by atoms with Crippen molar-refractivity contribution in [2.45, 2.75) is 72.1 Å². The minimum atomic E-state index is 0. The molecule has 1 saturated carbocycles. The van der Waals surface area contributed by atoms with E-state index in [-0.39, 0.29) is 85.8 Å². The zero-order valence-electron chi connectivity index (χ0n) is 56.4. The summed E-state index contributed by atoms with van der Waals surface area (Å²) >= 11 is 0. The first-order valence-corrected chi connectivity index (χ1v) is 32.3. The van der Waals surface area contributed by atoms with Gasteiger partial charge in [0.25, 0.3) is 0 Å². The monoisotopic (exact) mass is 2000 g/mol. The topological polar surface area (TPSA) is 64.5 Å². The summed E-state index contributed by atoms with van der Waals surface area (Å²) in [6, 6.07) is 111. The molecule has 1 aliphatic rings. The van der Waals surface area contributed by atoms with Crippen molar-refractivity contribution in [1.82, 2.24) is 24.9 Å². The minimum absolute atomic E-state index is 0. The van der Waals surface area contributed by atoms with Gasteiger partial charge in [0.15, 0.2) is 0 Å². The van der Waals surface area contributed by atoms with Crippen molar-refractivity contribution in [2.24, 2.45) is 0 Å². The minimum Gasteiger partial charge on any atom is -0.305 e. The average molecular weight is 2000 g/mol. The number of pyridine rings is 5. The van der Waals surface area contributed by atoms with Crippen LogP contribution in [0.4, 0.5) is 0 Å². The maximum atomic E-state index is 4.62. The molecular weight excluding hydrogens is 1920 g/mol. The van der Waals surface area contributed by atoms with Crippen molar-refractivity contribution >= 4 is 0 Å². The fraction of sp³-hybridized carbons (Fsp3) is 0.122. The number of nitrogens with zero attached hydrogens (tertiary/aromatic N) is 5. The molecule has 0 N–H and O–H groups in total. The van der Waals surface area contributed by atoms with Gasteiger partial charge in [0.05, 0.1) is 0 Å². The quantitative estimate of drug-likeness (QED) is 0.128. The van der Waals surface area contributed by atoms with Crippen molar-refractivity contribution in [3.8, 4) is 101 Å². The first kappa shape index (κ1) is 77.7. The Bertz CT molecular complexity index is 4670. The summed E-state index contributed by atoms with van der Waals surface area (Å²) in [7, 11) is 0. The van der Waals surface area contributed by atoms with E-state index in [0.29, 0.717) is 5.41 Å². The Labute approximate surface area is 640 Å². The van der Waals surface area contributed by atoms with Crippen molar-refractivity contribution in [1.29, 1.82) is 0 Å². The number of hydrogen-bond donors (Lipinski definition) is 0. The van der Waals surface area contributed by atoms with Crippen LogP contribution in [0.5, 0.6) is 0 Å². The summed E-state index contributed by atoms with van der Waals surface area (Å²) in [6.45, 7) is 15.2. The fourth-order valence-electron chi connectivity index (χ4n) is 10.6. The molecule has 0 spiro atoms. The molecule has 9 heteroatoms. The van der Waals surface area contributed by atoms with Crippen molar-refractivity contribution in [3.05, 3.63) is 368 Å². The van der Waals surface area contributed by atoms with Gasteiger partial charge in [0.1, 0.15) is 0 Å². The summed E-state index contributed by atoms with van der Waals surface area (Å²) in [5.74, 6) is 0. The molecule has 15 rings (SSSR count). The van der Waals surface area contributed by atoms with Crippen molar-refractivity contribution in [2.75, 3.05) is 0 Å². The van der Waals surface area contributed by atoms with Crippen LogP contribution in [0.3, 0.4) is 0 Å². The largest absolute Gasteiger partial charge is 0.305 e. The SMILES string of the molecule is CC(C)(C)c1ccc(-c2[c-]ccc(-c3ccccc3)c2)nc1.CC1(c2ccnc(-c3[c-]ccc(-c4ccccc4)c3)c2)CC1.Cc1ccc(-c2[c-]ccc(-c3ccccc3)c2)nc1.Cc1cnc(-c2[c-]ccc(-c3ccccc3)c2)cc1C.[Ir].[Ir].[Ir].[Ir].[c-]1ccccc1-c1ccccn1. The fourth-order valence-corrected chi connectivity index (χ4v) is 10.6. The Morgan fingerprint density at radius 1 is 0.303 bits per heavy atom. The zero-order chi connectivity index (χ0) is 65.8. The van der Waals surface area contributed by atoms with Gasteiger partial charge in [0, 0.05) is 111 Å². The average Bonchev–Trinajstić information content (AvgIpc) is 1.76. The van der Waals surface area contributed by atoms with Crippen LogP contribution >= 0.6 is 0 Å². The number of rotatable bonds is 10. The number of benzene rings is 9. The number of aryl methyl sites for hydroxylation is 3. The van der Waals surface area contributed by atoms with Gasteiger partial charge in [-0.2, -0.15) is 0 Å². The summed E-state index contributed by atoms with van der Waals surface area (Å²) in [4.78, 5) is 22.4. The van der Waals surface area contributed by atoms with Gasteiger partial charge in [-0.05, 0) is 130 Å². The van der Waals surface area contributed by atoms with E-state index >= 15 is 0 Å². The second-order valence-corrected chi connectivity index (χ2v) is 25.0. The van der Waals surface area contributed by atoms with E-state index in [0.717, 1.165) is 56.3 Å². The summed E-state index contributed by atoms with van der Waals surface area (Å²) < 4.78 is 0. The number of hydrogen-bond acceptors (Lipinski definition) is 5. The Morgan fingerprint density at radius 2 is 0.697 bits per heavy atom. The molecule has 0 bridgehead atoms. The van der Waals surface area contributed by atoms with E-state index in [1.807, 2.05) is 129 Å². The van der Waals surface area contributed by atoms with Crippen molar-refractivity contribution in [3.63, 3.8) is 0 Å². The van der Waals surface area contributed by atoms with Gasteiger partial charge in [-0.25, -0.2) is 0 Å². The molecule has 0 saturated heterocycles. The van der Waals surface area contributed by atoms with E-state index < -0.39 is 0 Å². The third-order valence-corrected chi connectivity index (χ3v) is 16.8. The van der Waals surface area contributed by atoms with E-state index in [9.17, 15) is 0 Å². The molecule has 0 aliphatic heterocycles. The maximum Gasteiger partial charge on any atom is 0.0198 e. The maximum absolute atomic E-state index is 4.62. The third-order valence-electron chi connectivity index (χ3n) is 16.8. The van der Waals surface area contributed by atoms with E-state index in [2.05, 4.69) is 279 Å². The second-order valence-electron chi connectivity index (χ2n) is 25.0. The van der Waals surface area contributed by atoms with Gasteiger partial charge in [0.2, 0.25) is 0 Å². The van der Waals surface area contributed by atoms with Crippen LogP contribution in [-0.2, 0) is 91.3 Å². The Hall–Kier alpha value is -8.67. The van der Waals surface area contributed by atoms with Crippen LogP contribution in [0, 0.1) is 51.1 Å². The van der Waals surface area contributed by atoms with E-state index in [1.165, 1.54) is 85.2 Å². The van der Waals surface area contributed by atoms with Crippen LogP contribution in [0.15, 0.2) is 310 Å². The van der Waals surface area contributed by atoms with Crippen LogP contribution < -0.4 is 0 Å². The molecule has 14 aromatic rings. The van der Waals surface area contributed by atoms with Crippen LogP contribution in [0.2, 0.25) is 0 Å². The van der Waals surface area contributed by atoms with E-state index in [4.69, 9.17) is 0 Å². The van der Waals surface area contributed by atoms with Gasteiger partial charge in [-0.15, -0.1) is 177 Å². The van der Waals surface area contributed by atoms with Crippen LogP contribution in [-0.4, -0.2) is 24.9 Å². The summed E-state index contributed by atoms with van der Waals surface area (Å²) in [5, 5.41) is 0. The Kier molecular flexibility index (Phi) is 29.9. The molecule has 502 valence electrons. The van der Waals surface area contributed by atoms with Gasteiger partial charge < -0.3 is 24.9 Å². The first-order valence-electron chi connectivity index (χ1n) is 32.3. The predicted octanol–water partition coefficient (Wildman–Crippen LogP) is 22.7. The second kappa shape index (κ2) is 38.1. The Morgan fingerprint density at radius 3 is 1.08 bits per heavy atom. The molecule has 4 radical (unpaired) electrons. The standard InChI is InChI=1S/C21H18N.C21H20N.C19H16N.C18H14N.C11H8N.4Ir/c1-21(11-12-21)19-10-13-22-20(15-19)18-9-5-8-17(14-18)16-6-3-2-4-7-16;1-21(2,3)19-12-13-20(22-15-19)18-11-7-10-17(14-18)16-8-5-4-6-9-16;1-14-11-19(20-13-15(14)2)18-10-6-9-17(12-18)16-7-4-3-5-8-16;1-14-10-11-18(19-13-14)17-9-5-8-16(12-17)15-6-3-2-4-7-15;1-2-6-10(7-3-1)11-8-4-5-9-12-11;;;;/h2-8,10,13-15H,11-12H2,1H3;4-10,12-15H,1-3H3;3-9,11-13H,1-2H3;2-8,10-13H,1H3;1-6,8-9H;;;;/q5*-1;;;;. The molecule has 5 nitrogen and oxygen atoms in total. The van der Waals surface area contributed by atoms with Gasteiger partial charge >= 0.3 is 0 Å². The molecule has 0 amide bonds. The molecule has 99 heavy (non-hydrogen) atoms. The molecule has 5 heterocycles. The van der Waals surface area contributed by atoms with Crippen molar-refractivity contribution < 1.29 is 80.4 Å². The molecule has 1 aliphatic carbocycles. The summed E-state index contributed by atoms with van der Waals surface area (Å²) in [6.07, 6.45) is 12.1. The zero-order valence-corrected chi connectivity index (χ0v) is 66.0. The van der Waals surface area contributed by atoms with E-state index in [1.54, 1.807) is 6.20 Å². The third kappa shape index (κ3) is 22.2. The molecule has 5 aromatic heterocycles. The molecular formula is C90H76Ir4N5-5. The molecule has 9 aromatic carbocycles. The van der Waals surface area contributed by atoms with Crippen LogP contribution in [0.25, 0.3) is 101 Å². The predicted molar refractivity (Wildman–Crippen MR) is 394 cm³/mol. The normalized spacial score (nSPS) is 11.3. The molecule has 0 atom stereocenters. The molecule has 1 fully saturated rings. The number of aromatic nitrogens is 5. The van der Waals surface area contributed by atoms with Gasteiger partial charge in [-0.3, -0.25) is 0 Å². The molecule has 0 unspecified atom stereocenters. The first-order chi connectivity index (χ1) is 46.3. The Balaban J connectivity index is 0.000000174. The smallest absolute Gasteiger partial charge is 0.0198 e. The van der Waals surface area contributed by atoms with Crippen LogP contribution in [0.1, 0.15) is 68.4 Å². The summed E-state index contributed by atoms with van der Waals surface area (Å²) in [5.41, 5.74) is 26.5. The van der Waals surface area contributed by atoms with Gasteiger partial charge in [-0.1, -0.05) is 203 Å².